The molecule has 0 saturated heterocycles. The Morgan fingerprint density at radius 1 is 0.895 bits per heavy atom. The van der Waals surface area contributed by atoms with E-state index in [1.165, 1.54) is 29.2 Å². The number of amides is 2. The van der Waals surface area contributed by atoms with Crippen molar-refractivity contribution in [1.82, 2.24) is 10.2 Å². The minimum absolute atomic E-state index is 0.00586. The fourth-order valence-corrected chi connectivity index (χ4v) is 5.47. The van der Waals surface area contributed by atoms with Gasteiger partial charge in [0.2, 0.25) is 11.8 Å². The Labute approximate surface area is 230 Å². The normalized spacial score (nSPS) is 12.2. The number of carbonyl (C=O) groups excluding carboxylic acids is 2. The maximum atomic E-state index is 13.9. The molecule has 0 aliphatic carbocycles. The first-order valence-electron chi connectivity index (χ1n) is 12.4. The van der Waals surface area contributed by atoms with Gasteiger partial charge in [0.15, 0.2) is 0 Å². The number of sulfonamides is 1. The highest BCUT2D eigenvalue weighted by molar-refractivity contribution is 7.92. The van der Waals surface area contributed by atoms with Crippen molar-refractivity contribution < 1.29 is 18.0 Å². The van der Waals surface area contributed by atoms with Crippen molar-refractivity contribution in [2.45, 2.75) is 58.1 Å². The zero-order valence-corrected chi connectivity index (χ0v) is 23.9. The zero-order valence-electron chi connectivity index (χ0n) is 22.3. The van der Waals surface area contributed by atoms with Crippen LogP contribution in [0, 0.1) is 13.8 Å². The number of hydrogen-bond acceptors (Lipinski definition) is 4. The molecule has 0 heterocycles. The Morgan fingerprint density at radius 3 is 2.08 bits per heavy atom. The minimum Gasteiger partial charge on any atom is -0.352 e. The summed E-state index contributed by atoms with van der Waals surface area (Å²) in [4.78, 5) is 28.3. The third-order valence-corrected chi connectivity index (χ3v) is 8.24. The van der Waals surface area contributed by atoms with Crippen LogP contribution >= 0.6 is 11.6 Å². The fourth-order valence-electron chi connectivity index (χ4n) is 3.93. The van der Waals surface area contributed by atoms with Crippen molar-refractivity contribution in [3.05, 3.63) is 94.5 Å². The van der Waals surface area contributed by atoms with E-state index in [-0.39, 0.29) is 23.4 Å². The Bertz CT molecular complexity index is 1370. The summed E-state index contributed by atoms with van der Waals surface area (Å²) in [5.41, 5.74) is 3.12. The summed E-state index contributed by atoms with van der Waals surface area (Å²) in [6.07, 6.45) is 0. The summed E-state index contributed by atoms with van der Waals surface area (Å²) >= 11 is 5.98. The molecular weight excluding hydrogens is 522 g/mol. The molecule has 0 unspecified atom stereocenters. The smallest absolute Gasteiger partial charge is 0.264 e. The fraction of sp³-hybridized carbons (Fsp3) is 0.310. The van der Waals surface area contributed by atoms with Crippen LogP contribution in [-0.2, 0) is 26.2 Å². The molecule has 38 heavy (non-hydrogen) atoms. The van der Waals surface area contributed by atoms with Crippen LogP contribution in [0.2, 0.25) is 5.02 Å². The number of hydrogen-bond donors (Lipinski definition) is 1. The van der Waals surface area contributed by atoms with Crippen molar-refractivity contribution in [3.63, 3.8) is 0 Å². The lowest BCUT2D eigenvalue weighted by molar-refractivity contribution is -0.139. The lowest BCUT2D eigenvalue weighted by Gasteiger charge is -2.32. The van der Waals surface area contributed by atoms with Crippen molar-refractivity contribution in [2.24, 2.45) is 0 Å². The number of nitrogens with one attached hydrogen (secondary N) is 1. The van der Waals surface area contributed by atoms with Gasteiger partial charge in [-0.2, -0.15) is 0 Å². The first-order valence-corrected chi connectivity index (χ1v) is 14.2. The lowest BCUT2D eigenvalue weighted by atomic mass is 10.1. The zero-order chi connectivity index (χ0) is 28.0. The molecule has 0 bridgehead atoms. The number of aryl methyl sites for hydroxylation is 2. The average Bonchev–Trinajstić information content (AvgIpc) is 2.86. The van der Waals surface area contributed by atoms with Crippen LogP contribution in [0.4, 0.5) is 5.69 Å². The predicted octanol–water partition coefficient (Wildman–Crippen LogP) is 5.09. The molecule has 3 aromatic rings. The number of nitrogens with zero attached hydrogens (tertiary/aromatic N) is 2. The number of halogens is 1. The molecule has 7 nitrogen and oxygen atoms in total. The van der Waals surface area contributed by atoms with Crippen LogP contribution in [-0.4, -0.2) is 43.8 Å². The molecule has 0 aliphatic rings. The van der Waals surface area contributed by atoms with Gasteiger partial charge >= 0.3 is 0 Å². The van der Waals surface area contributed by atoms with E-state index in [4.69, 9.17) is 11.6 Å². The van der Waals surface area contributed by atoms with Gasteiger partial charge in [-0.25, -0.2) is 8.42 Å². The Morgan fingerprint density at radius 2 is 1.50 bits per heavy atom. The van der Waals surface area contributed by atoms with Gasteiger partial charge in [-0.15, -0.1) is 0 Å². The van der Waals surface area contributed by atoms with E-state index in [0.717, 1.165) is 21.0 Å². The molecule has 202 valence electrons. The van der Waals surface area contributed by atoms with Crippen molar-refractivity contribution in [3.8, 4) is 0 Å². The summed E-state index contributed by atoms with van der Waals surface area (Å²) in [7, 11) is -4.13. The van der Waals surface area contributed by atoms with Crippen molar-refractivity contribution in [2.75, 3.05) is 10.8 Å². The van der Waals surface area contributed by atoms with Gasteiger partial charge in [0.05, 0.1) is 10.6 Å². The van der Waals surface area contributed by atoms with Gasteiger partial charge in [0, 0.05) is 17.6 Å². The highest BCUT2D eigenvalue weighted by atomic mass is 35.5. The molecule has 0 saturated carbocycles. The number of rotatable bonds is 10. The largest absolute Gasteiger partial charge is 0.352 e. The first-order chi connectivity index (χ1) is 17.9. The summed E-state index contributed by atoms with van der Waals surface area (Å²) in [6, 6.07) is 19.3. The van der Waals surface area contributed by atoms with E-state index in [0.29, 0.717) is 10.7 Å². The molecule has 0 fully saturated rings. The summed E-state index contributed by atoms with van der Waals surface area (Å²) in [6.45, 7) is 8.83. The molecular formula is C29H34ClN3O4S. The number of benzene rings is 3. The highest BCUT2D eigenvalue weighted by Gasteiger charge is 2.32. The molecule has 0 aromatic heterocycles. The van der Waals surface area contributed by atoms with Crippen LogP contribution in [0.3, 0.4) is 0 Å². The minimum atomic E-state index is -4.13. The first kappa shape index (κ1) is 29.2. The van der Waals surface area contributed by atoms with Gasteiger partial charge in [-0.3, -0.25) is 13.9 Å². The maximum Gasteiger partial charge on any atom is 0.264 e. The van der Waals surface area contributed by atoms with Crippen LogP contribution in [0.25, 0.3) is 0 Å². The van der Waals surface area contributed by atoms with E-state index in [1.807, 2.05) is 52.0 Å². The van der Waals surface area contributed by atoms with Gasteiger partial charge in [0.25, 0.3) is 10.0 Å². The molecule has 0 spiro atoms. The number of carbonyl (C=O) groups is 2. The molecule has 1 N–H and O–H groups in total. The highest BCUT2D eigenvalue weighted by Crippen LogP contribution is 2.26. The summed E-state index contributed by atoms with van der Waals surface area (Å²) < 4.78 is 28.6. The number of anilines is 1. The van der Waals surface area contributed by atoms with Crippen LogP contribution in [0.5, 0.6) is 0 Å². The molecule has 2 amide bonds. The maximum absolute atomic E-state index is 13.9. The van der Waals surface area contributed by atoms with Gasteiger partial charge in [-0.05, 0) is 82.1 Å². The molecule has 3 rings (SSSR count). The third-order valence-electron chi connectivity index (χ3n) is 6.20. The standard InChI is InChI=1S/C29H34ClN3O4S/c1-20(2)31-29(35)23(5)32(18-24-9-7-6-8-22(24)4)28(34)19-33(26-14-10-21(3)11-15-26)38(36,37)27-16-12-25(30)13-17-27/h6-17,20,23H,18-19H2,1-5H3,(H,31,35)/t23-/m1/s1. The summed E-state index contributed by atoms with van der Waals surface area (Å²) in [5, 5.41) is 3.25. The molecule has 0 radical (unpaired) electrons. The van der Waals surface area contributed by atoms with E-state index in [2.05, 4.69) is 5.32 Å². The quantitative estimate of drug-likeness (QED) is 0.377. The second-order valence-electron chi connectivity index (χ2n) is 9.59. The van der Waals surface area contributed by atoms with E-state index in [9.17, 15) is 18.0 Å². The SMILES string of the molecule is Cc1ccc(N(CC(=O)N(Cc2ccccc2C)[C@H](C)C(=O)NC(C)C)S(=O)(=O)c2ccc(Cl)cc2)cc1. The lowest BCUT2D eigenvalue weighted by Crippen LogP contribution is -2.52. The third kappa shape index (κ3) is 7.14. The van der Waals surface area contributed by atoms with Crippen LogP contribution in [0.1, 0.15) is 37.5 Å². The Hall–Kier alpha value is -3.36. The van der Waals surface area contributed by atoms with Crippen LogP contribution < -0.4 is 9.62 Å². The van der Waals surface area contributed by atoms with Crippen molar-refractivity contribution >= 4 is 39.1 Å². The van der Waals surface area contributed by atoms with E-state index in [1.54, 1.807) is 31.2 Å². The average molecular weight is 556 g/mol. The van der Waals surface area contributed by atoms with Crippen LogP contribution in [0.15, 0.2) is 77.7 Å². The van der Waals surface area contributed by atoms with Gasteiger partial charge in [-0.1, -0.05) is 53.6 Å². The second kappa shape index (κ2) is 12.5. The molecule has 9 heteroatoms. The Balaban J connectivity index is 2.03. The second-order valence-corrected chi connectivity index (χ2v) is 11.9. The summed E-state index contributed by atoms with van der Waals surface area (Å²) in [5.74, 6) is -0.817. The Kier molecular flexibility index (Phi) is 9.57. The topological polar surface area (TPSA) is 86.8 Å². The monoisotopic (exact) mass is 555 g/mol. The van der Waals surface area contributed by atoms with E-state index >= 15 is 0 Å². The van der Waals surface area contributed by atoms with Crippen molar-refractivity contribution in [1.29, 1.82) is 0 Å². The molecule has 3 aromatic carbocycles. The van der Waals surface area contributed by atoms with E-state index < -0.39 is 28.5 Å². The van der Waals surface area contributed by atoms with Gasteiger partial charge < -0.3 is 10.2 Å². The van der Waals surface area contributed by atoms with Gasteiger partial charge in [0.1, 0.15) is 12.6 Å². The predicted molar refractivity (Wildman–Crippen MR) is 152 cm³/mol. The molecule has 1 atom stereocenters. The molecule has 0 aliphatic heterocycles.